The van der Waals surface area contributed by atoms with Gasteiger partial charge in [0.2, 0.25) is 0 Å². The van der Waals surface area contributed by atoms with Gasteiger partial charge < -0.3 is 5.32 Å². The normalized spacial score (nSPS) is 14.9. The number of aromatic nitrogens is 1. The highest BCUT2D eigenvalue weighted by atomic mass is 79.9. The minimum absolute atomic E-state index is 0.686. The van der Waals surface area contributed by atoms with Crippen LogP contribution in [0, 0.1) is 13.8 Å². The molecule has 1 aromatic heterocycles. The van der Waals surface area contributed by atoms with Crippen LogP contribution in [0.1, 0.15) is 42.5 Å². The van der Waals surface area contributed by atoms with Crippen molar-refractivity contribution in [3.8, 4) is 0 Å². The molecule has 0 unspecified atom stereocenters. The predicted molar refractivity (Wildman–Crippen MR) is 85.1 cm³/mol. The molecule has 1 aromatic carbocycles. The molecule has 0 aliphatic heterocycles. The third-order valence-electron chi connectivity index (χ3n) is 3.83. The average molecular weight is 319 g/mol. The number of hydrogen-bond acceptors (Lipinski definition) is 2. The highest BCUT2D eigenvalue weighted by molar-refractivity contribution is 9.10. The van der Waals surface area contributed by atoms with Gasteiger partial charge >= 0.3 is 0 Å². The Morgan fingerprint density at radius 2 is 2.05 bits per heavy atom. The van der Waals surface area contributed by atoms with Crippen LogP contribution in [0.15, 0.2) is 16.6 Å². The van der Waals surface area contributed by atoms with Crippen molar-refractivity contribution in [3.05, 3.63) is 33.4 Å². The van der Waals surface area contributed by atoms with Gasteiger partial charge in [-0.2, -0.15) is 0 Å². The second kappa shape index (κ2) is 4.78. The van der Waals surface area contributed by atoms with Crippen LogP contribution in [0.2, 0.25) is 0 Å². The number of pyridine rings is 1. The second-order valence-electron chi connectivity index (χ2n) is 5.43. The van der Waals surface area contributed by atoms with E-state index in [2.05, 4.69) is 54.2 Å². The van der Waals surface area contributed by atoms with Crippen LogP contribution >= 0.6 is 15.9 Å². The van der Waals surface area contributed by atoms with E-state index in [1.165, 1.54) is 45.2 Å². The maximum Gasteiger partial charge on any atom is 0.0732 e. The van der Waals surface area contributed by atoms with E-state index in [1.807, 2.05) is 0 Å². The molecule has 1 saturated carbocycles. The summed E-state index contributed by atoms with van der Waals surface area (Å²) in [6, 6.07) is 4.44. The number of nitrogens with zero attached hydrogens (tertiary/aromatic N) is 1. The molecular weight excluding hydrogens is 300 g/mol. The summed E-state index contributed by atoms with van der Waals surface area (Å²) in [7, 11) is 0. The largest absolute Gasteiger partial charge is 0.385 e. The van der Waals surface area contributed by atoms with Gasteiger partial charge in [-0.3, -0.25) is 4.98 Å². The van der Waals surface area contributed by atoms with Gasteiger partial charge in [-0.15, -0.1) is 0 Å². The highest BCUT2D eigenvalue weighted by Crippen LogP contribution is 2.42. The molecular formula is C16H19BrN2. The summed E-state index contributed by atoms with van der Waals surface area (Å²) in [5.41, 5.74) is 6.14. The zero-order valence-electron chi connectivity index (χ0n) is 11.7. The first-order valence-electron chi connectivity index (χ1n) is 6.96. The molecule has 0 radical (unpaired) electrons. The second-order valence-corrected chi connectivity index (χ2v) is 6.22. The molecule has 3 heteroatoms. The smallest absolute Gasteiger partial charge is 0.0732 e. The molecule has 19 heavy (non-hydrogen) atoms. The molecule has 1 N–H and O–H groups in total. The van der Waals surface area contributed by atoms with Crippen molar-refractivity contribution in [3.63, 3.8) is 0 Å². The zero-order valence-corrected chi connectivity index (χ0v) is 13.3. The van der Waals surface area contributed by atoms with E-state index in [4.69, 9.17) is 4.98 Å². The average Bonchev–Trinajstić information content (AvgIpc) is 3.20. The Bertz CT molecular complexity index is 645. The van der Waals surface area contributed by atoms with Gasteiger partial charge in [0.25, 0.3) is 0 Å². The first-order chi connectivity index (χ1) is 9.11. The molecule has 1 aliphatic rings. The van der Waals surface area contributed by atoms with E-state index in [0.717, 1.165) is 12.1 Å². The molecule has 0 bridgehead atoms. The molecule has 2 nitrogen and oxygen atoms in total. The number of aryl methyl sites for hydroxylation is 2. The third-order valence-corrected chi connectivity index (χ3v) is 5.05. The first kappa shape index (κ1) is 12.9. The van der Waals surface area contributed by atoms with E-state index in [-0.39, 0.29) is 0 Å². The summed E-state index contributed by atoms with van der Waals surface area (Å²) < 4.78 is 1.19. The lowest BCUT2D eigenvalue weighted by atomic mass is 10.0. The van der Waals surface area contributed by atoms with Crippen molar-refractivity contribution in [1.82, 2.24) is 4.98 Å². The first-order valence-corrected chi connectivity index (χ1v) is 7.75. The van der Waals surface area contributed by atoms with Crippen LogP contribution in [-0.4, -0.2) is 11.5 Å². The Labute approximate surface area is 122 Å². The summed E-state index contributed by atoms with van der Waals surface area (Å²) in [6.45, 7) is 7.38. The van der Waals surface area contributed by atoms with Crippen LogP contribution in [0.5, 0.6) is 0 Å². The molecule has 3 rings (SSSR count). The Morgan fingerprint density at radius 3 is 2.68 bits per heavy atom. The predicted octanol–water partition coefficient (Wildman–Crippen LogP) is 4.92. The lowest BCUT2D eigenvalue weighted by Crippen LogP contribution is -2.02. The van der Waals surface area contributed by atoms with Gasteiger partial charge in [-0.25, -0.2) is 0 Å². The molecule has 100 valence electrons. The molecule has 2 aromatic rings. The fourth-order valence-corrected chi connectivity index (χ4v) is 2.99. The minimum Gasteiger partial charge on any atom is -0.385 e. The monoisotopic (exact) mass is 318 g/mol. The molecule has 0 spiro atoms. The summed E-state index contributed by atoms with van der Waals surface area (Å²) in [5.74, 6) is 0.686. The van der Waals surface area contributed by atoms with E-state index >= 15 is 0 Å². The van der Waals surface area contributed by atoms with Gasteiger partial charge in [0.15, 0.2) is 0 Å². The van der Waals surface area contributed by atoms with Gasteiger partial charge in [0.1, 0.15) is 0 Å². The maximum absolute atomic E-state index is 4.88. The van der Waals surface area contributed by atoms with Gasteiger partial charge in [0.05, 0.1) is 5.52 Å². The van der Waals surface area contributed by atoms with Gasteiger partial charge in [-0.05, 0) is 56.9 Å². The van der Waals surface area contributed by atoms with E-state index in [1.54, 1.807) is 0 Å². The standard InChI is InChI=1S/C16H19BrN2/c1-4-18-13-8-12(11-5-6-11)19-14-7-9(2)16(17)10(3)15(13)14/h7-8,11H,4-6H2,1-3H3,(H,18,19). The van der Waals surface area contributed by atoms with Crippen molar-refractivity contribution >= 4 is 32.5 Å². The topological polar surface area (TPSA) is 24.9 Å². The minimum atomic E-state index is 0.686. The SMILES string of the molecule is CCNc1cc(C2CC2)nc2cc(C)c(Br)c(C)c12. The summed E-state index contributed by atoms with van der Waals surface area (Å²) in [6.07, 6.45) is 2.58. The van der Waals surface area contributed by atoms with E-state index < -0.39 is 0 Å². The van der Waals surface area contributed by atoms with Gasteiger partial charge in [-0.1, -0.05) is 15.9 Å². The Kier molecular flexibility index (Phi) is 3.25. The number of halogens is 1. The Morgan fingerprint density at radius 1 is 1.32 bits per heavy atom. The van der Waals surface area contributed by atoms with Crippen molar-refractivity contribution in [2.45, 2.75) is 39.5 Å². The van der Waals surface area contributed by atoms with Gasteiger partial charge in [0, 0.05) is 33.7 Å². The lowest BCUT2D eigenvalue weighted by molar-refractivity contribution is 1.04. The molecule has 0 amide bonds. The van der Waals surface area contributed by atoms with Crippen molar-refractivity contribution in [2.75, 3.05) is 11.9 Å². The number of benzene rings is 1. The van der Waals surface area contributed by atoms with Crippen LogP contribution < -0.4 is 5.32 Å². The number of anilines is 1. The van der Waals surface area contributed by atoms with Crippen molar-refractivity contribution in [1.29, 1.82) is 0 Å². The molecule has 0 saturated heterocycles. The lowest BCUT2D eigenvalue weighted by Gasteiger charge is -2.15. The Balaban J connectivity index is 2.30. The maximum atomic E-state index is 4.88. The van der Waals surface area contributed by atoms with Crippen LogP contribution in [0.3, 0.4) is 0 Å². The molecule has 1 fully saturated rings. The highest BCUT2D eigenvalue weighted by Gasteiger charge is 2.26. The fraction of sp³-hybridized carbons (Fsp3) is 0.438. The summed E-state index contributed by atoms with van der Waals surface area (Å²) in [4.78, 5) is 4.88. The van der Waals surface area contributed by atoms with Crippen LogP contribution in [-0.2, 0) is 0 Å². The number of rotatable bonds is 3. The van der Waals surface area contributed by atoms with Crippen LogP contribution in [0.4, 0.5) is 5.69 Å². The number of nitrogens with one attached hydrogen (secondary N) is 1. The molecule has 1 aliphatic carbocycles. The Hall–Kier alpha value is -1.09. The number of hydrogen-bond donors (Lipinski definition) is 1. The quantitative estimate of drug-likeness (QED) is 0.868. The third kappa shape index (κ3) is 2.25. The van der Waals surface area contributed by atoms with Crippen molar-refractivity contribution in [2.24, 2.45) is 0 Å². The van der Waals surface area contributed by atoms with Crippen molar-refractivity contribution < 1.29 is 0 Å². The zero-order chi connectivity index (χ0) is 13.6. The summed E-state index contributed by atoms with van der Waals surface area (Å²) in [5, 5.41) is 4.75. The fourth-order valence-electron chi connectivity index (χ4n) is 2.68. The van der Waals surface area contributed by atoms with Crippen LogP contribution in [0.25, 0.3) is 10.9 Å². The summed E-state index contributed by atoms with van der Waals surface area (Å²) >= 11 is 3.69. The molecule has 0 atom stereocenters. The van der Waals surface area contributed by atoms with E-state index in [9.17, 15) is 0 Å². The van der Waals surface area contributed by atoms with E-state index in [0.29, 0.717) is 5.92 Å². The molecule has 1 heterocycles. The number of fused-ring (bicyclic) bond motifs is 1.